The van der Waals surface area contributed by atoms with E-state index >= 15 is 0 Å². The maximum atomic E-state index is 12.9. The van der Waals surface area contributed by atoms with E-state index in [2.05, 4.69) is 22.3 Å². The van der Waals surface area contributed by atoms with Gasteiger partial charge in [-0.2, -0.15) is 0 Å². The summed E-state index contributed by atoms with van der Waals surface area (Å²) in [6, 6.07) is 6.66. The molecule has 1 saturated heterocycles. The third-order valence-corrected chi connectivity index (χ3v) is 4.40. The van der Waals surface area contributed by atoms with Crippen LogP contribution in [0.5, 0.6) is 0 Å². The number of ether oxygens (including phenoxy) is 1. The van der Waals surface area contributed by atoms with Crippen LogP contribution in [0.4, 0.5) is 4.39 Å². The predicted molar refractivity (Wildman–Crippen MR) is 92.3 cm³/mol. The molecule has 1 N–H and O–H groups in total. The minimum absolute atomic E-state index is 0.189. The Morgan fingerprint density at radius 2 is 2.00 bits per heavy atom. The third-order valence-electron chi connectivity index (χ3n) is 4.40. The molecular weight excluding hydrogens is 293 g/mol. The molecule has 0 saturated carbocycles. The van der Waals surface area contributed by atoms with Gasteiger partial charge >= 0.3 is 0 Å². The van der Waals surface area contributed by atoms with E-state index in [0.29, 0.717) is 0 Å². The fraction of sp³-hybridized carbons (Fsp3) is 0.611. The van der Waals surface area contributed by atoms with Gasteiger partial charge in [0.25, 0.3) is 0 Å². The van der Waals surface area contributed by atoms with Crippen LogP contribution in [-0.4, -0.2) is 51.3 Å². The summed E-state index contributed by atoms with van der Waals surface area (Å²) in [6.45, 7) is 3.60. The van der Waals surface area contributed by atoms with Crippen molar-refractivity contribution in [2.24, 2.45) is 10.9 Å². The summed E-state index contributed by atoms with van der Waals surface area (Å²) < 4.78 is 18.3. The zero-order chi connectivity index (χ0) is 16.5. The Bertz CT molecular complexity index is 484. The lowest BCUT2D eigenvalue weighted by atomic mass is 9.96. The maximum absolute atomic E-state index is 12.9. The van der Waals surface area contributed by atoms with Crippen molar-refractivity contribution in [1.82, 2.24) is 10.2 Å². The molecule has 1 fully saturated rings. The van der Waals surface area contributed by atoms with Crippen molar-refractivity contribution in [2.75, 3.05) is 40.4 Å². The van der Waals surface area contributed by atoms with Crippen LogP contribution < -0.4 is 5.32 Å². The van der Waals surface area contributed by atoms with Crippen LogP contribution in [0.25, 0.3) is 0 Å². The van der Waals surface area contributed by atoms with Gasteiger partial charge in [-0.15, -0.1) is 0 Å². The van der Waals surface area contributed by atoms with Crippen molar-refractivity contribution in [3.8, 4) is 0 Å². The first-order valence-electron chi connectivity index (χ1n) is 8.43. The number of hydrogen-bond acceptors (Lipinski definition) is 2. The SMILES string of the molecule is CN=C(NCCc1ccc(F)cc1)N(C)CCC1CCOCC1. The lowest BCUT2D eigenvalue weighted by Gasteiger charge is -2.26. The zero-order valence-electron chi connectivity index (χ0n) is 14.2. The quantitative estimate of drug-likeness (QED) is 0.646. The van der Waals surface area contributed by atoms with Crippen molar-refractivity contribution < 1.29 is 9.13 Å². The van der Waals surface area contributed by atoms with E-state index in [-0.39, 0.29) is 5.82 Å². The summed E-state index contributed by atoms with van der Waals surface area (Å²) >= 11 is 0. The van der Waals surface area contributed by atoms with Gasteiger partial charge in [0.2, 0.25) is 0 Å². The summed E-state index contributed by atoms with van der Waals surface area (Å²) in [6.07, 6.45) is 4.38. The summed E-state index contributed by atoms with van der Waals surface area (Å²) in [4.78, 5) is 6.52. The molecule has 1 aliphatic rings. The second-order valence-electron chi connectivity index (χ2n) is 6.12. The van der Waals surface area contributed by atoms with Crippen LogP contribution in [0.1, 0.15) is 24.8 Å². The minimum Gasteiger partial charge on any atom is -0.381 e. The molecule has 0 spiro atoms. The molecule has 0 atom stereocenters. The van der Waals surface area contributed by atoms with E-state index < -0.39 is 0 Å². The summed E-state index contributed by atoms with van der Waals surface area (Å²) in [7, 11) is 3.89. The van der Waals surface area contributed by atoms with Crippen LogP contribution >= 0.6 is 0 Å². The van der Waals surface area contributed by atoms with Crippen molar-refractivity contribution >= 4 is 5.96 Å². The summed E-state index contributed by atoms with van der Waals surface area (Å²) in [5, 5.41) is 3.38. The Balaban J connectivity index is 1.69. The smallest absolute Gasteiger partial charge is 0.193 e. The summed E-state index contributed by atoms with van der Waals surface area (Å²) in [5.74, 6) is 1.49. The van der Waals surface area contributed by atoms with Gasteiger partial charge in [-0.25, -0.2) is 4.39 Å². The number of benzene rings is 1. The van der Waals surface area contributed by atoms with Gasteiger partial charge in [-0.1, -0.05) is 12.1 Å². The molecular formula is C18H28FN3O. The molecule has 0 aliphatic carbocycles. The Morgan fingerprint density at radius 1 is 1.30 bits per heavy atom. The number of halogens is 1. The summed E-state index contributed by atoms with van der Waals surface area (Å²) in [5.41, 5.74) is 1.12. The second-order valence-corrected chi connectivity index (χ2v) is 6.12. The molecule has 5 heteroatoms. The molecule has 23 heavy (non-hydrogen) atoms. The number of aliphatic imine (C=N–C) groups is 1. The van der Waals surface area contributed by atoms with Gasteiger partial charge in [-0.3, -0.25) is 4.99 Å². The number of hydrogen-bond donors (Lipinski definition) is 1. The van der Waals surface area contributed by atoms with E-state index in [4.69, 9.17) is 4.74 Å². The molecule has 1 aliphatic heterocycles. The van der Waals surface area contributed by atoms with Gasteiger partial charge in [0.15, 0.2) is 5.96 Å². The monoisotopic (exact) mass is 321 g/mol. The predicted octanol–water partition coefficient (Wildman–Crippen LogP) is 2.69. The van der Waals surface area contributed by atoms with Gasteiger partial charge in [0.05, 0.1) is 0 Å². The van der Waals surface area contributed by atoms with Crippen molar-refractivity contribution in [3.05, 3.63) is 35.6 Å². The lowest BCUT2D eigenvalue weighted by Crippen LogP contribution is -2.40. The van der Waals surface area contributed by atoms with Crippen LogP contribution in [0.3, 0.4) is 0 Å². The highest BCUT2D eigenvalue weighted by Crippen LogP contribution is 2.18. The molecule has 128 valence electrons. The molecule has 0 radical (unpaired) electrons. The molecule has 0 unspecified atom stereocenters. The van der Waals surface area contributed by atoms with Crippen molar-refractivity contribution in [3.63, 3.8) is 0 Å². The largest absolute Gasteiger partial charge is 0.381 e. The Hall–Kier alpha value is -1.62. The van der Waals surface area contributed by atoms with Crippen LogP contribution in [0.15, 0.2) is 29.3 Å². The van der Waals surface area contributed by atoms with E-state index in [9.17, 15) is 4.39 Å². The van der Waals surface area contributed by atoms with Gasteiger partial charge in [0.1, 0.15) is 5.82 Å². The highest BCUT2D eigenvalue weighted by molar-refractivity contribution is 5.79. The molecule has 1 aromatic rings. The Labute approximate surface area is 138 Å². The number of nitrogens with zero attached hydrogens (tertiary/aromatic N) is 2. The van der Waals surface area contributed by atoms with E-state index in [1.165, 1.54) is 31.4 Å². The number of guanidine groups is 1. The lowest BCUT2D eigenvalue weighted by molar-refractivity contribution is 0.0625. The number of nitrogens with one attached hydrogen (secondary N) is 1. The van der Waals surface area contributed by atoms with Crippen LogP contribution in [-0.2, 0) is 11.2 Å². The normalized spacial score (nSPS) is 16.4. The topological polar surface area (TPSA) is 36.9 Å². The van der Waals surface area contributed by atoms with Gasteiger partial charge < -0.3 is 15.0 Å². The van der Waals surface area contributed by atoms with E-state index in [0.717, 1.165) is 50.2 Å². The highest BCUT2D eigenvalue weighted by Gasteiger charge is 2.15. The molecule has 0 amide bonds. The minimum atomic E-state index is -0.189. The van der Waals surface area contributed by atoms with Gasteiger partial charge in [0, 0.05) is 40.4 Å². The standard InChI is InChI=1S/C18H28FN3O/c1-20-18(21-11-7-15-3-5-17(19)6-4-15)22(2)12-8-16-9-13-23-14-10-16/h3-6,16H,7-14H2,1-2H3,(H,20,21). The Kier molecular flexibility index (Phi) is 7.33. The van der Waals surface area contributed by atoms with Crippen molar-refractivity contribution in [2.45, 2.75) is 25.7 Å². The molecule has 1 heterocycles. The third kappa shape index (κ3) is 6.18. The maximum Gasteiger partial charge on any atom is 0.193 e. The first-order chi connectivity index (χ1) is 11.2. The first-order valence-corrected chi connectivity index (χ1v) is 8.43. The fourth-order valence-corrected chi connectivity index (χ4v) is 2.87. The highest BCUT2D eigenvalue weighted by atomic mass is 19.1. The Morgan fingerprint density at radius 3 is 2.65 bits per heavy atom. The van der Waals surface area contributed by atoms with E-state index in [1.807, 2.05) is 19.2 Å². The first kappa shape index (κ1) is 17.7. The molecule has 4 nitrogen and oxygen atoms in total. The number of rotatable bonds is 6. The van der Waals surface area contributed by atoms with Crippen molar-refractivity contribution in [1.29, 1.82) is 0 Å². The van der Waals surface area contributed by atoms with Crippen LogP contribution in [0, 0.1) is 11.7 Å². The molecule has 0 bridgehead atoms. The zero-order valence-corrected chi connectivity index (χ0v) is 14.2. The average molecular weight is 321 g/mol. The van der Waals surface area contributed by atoms with E-state index in [1.54, 1.807) is 0 Å². The molecule has 1 aromatic carbocycles. The van der Waals surface area contributed by atoms with Crippen LogP contribution in [0.2, 0.25) is 0 Å². The molecule has 0 aromatic heterocycles. The average Bonchev–Trinajstić information content (AvgIpc) is 2.59. The van der Waals surface area contributed by atoms with Gasteiger partial charge in [-0.05, 0) is 49.3 Å². The fourth-order valence-electron chi connectivity index (χ4n) is 2.87. The second kappa shape index (κ2) is 9.50. The molecule has 2 rings (SSSR count).